The van der Waals surface area contributed by atoms with E-state index in [-0.39, 0.29) is 28.4 Å². The minimum atomic E-state index is -3.25. The zero-order chi connectivity index (χ0) is 81.3. The van der Waals surface area contributed by atoms with Crippen molar-refractivity contribution in [2.45, 2.75) is 105 Å². The van der Waals surface area contributed by atoms with E-state index in [0.717, 1.165) is 73.4 Å². The maximum Gasteiger partial charge on any atom is 0.252 e. The van der Waals surface area contributed by atoms with Crippen LogP contribution < -0.4 is 72.6 Å². The van der Waals surface area contributed by atoms with E-state index < -0.39 is 16.1 Å². The Morgan fingerprint density at radius 1 is 0.212 bits per heavy atom. The summed E-state index contributed by atoms with van der Waals surface area (Å²) >= 11 is 0. The van der Waals surface area contributed by atoms with Crippen LogP contribution in [-0.4, -0.2) is 22.9 Å². The normalized spacial score (nSPS) is 12.9. The van der Waals surface area contributed by atoms with Crippen molar-refractivity contribution in [1.29, 1.82) is 0 Å². The summed E-state index contributed by atoms with van der Waals surface area (Å²) in [6.07, 6.45) is 0. The molecule has 2 aliphatic heterocycles. The van der Waals surface area contributed by atoms with Crippen LogP contribution in [0.15, 0.2) is 400 Å². The van der Waals surface area contributed by atoms with Crippen molar-refractivity contribution in [2.24, 2.45) is 0 Å². The summed E-state index contributed by atoms with van der Waals surface area (Å²) in [6, 6.07) is 155. The van der Waals surface area contributed by atoms with Crippen LogP contribution in [0, 0.1) is 0 Å². The van der Waals surface area contributed by atoms with Crippen molar-refractivity contribution in [1.82, 2.24) is 0 Å². The largest absolute Gasteiger partial charge is 0.311 e. The van der Waals surface area contributed by atoms with Gasteiger partial charge in [0.15, 0.2) is 16.1 Å². The zero-order valence-electron chi connectivity index (χ0n) is 70.0. The van der Waals surface area contributed by atoms with Gasteiger partial charge in [0, 0.05) is 45.5 Å². The number of rotatable bonds is 16. The Balaban J connectivity index is 1.03. The van der Waals surface area contributed by atoms with E-state index in [1.165, 1.54) is 91.3 Å². The van der Waals surface area contributed by atoms with E-state index in [0.29, 0.717) is 0 Å². The Hall–Kier alpha value is -12.6. The molecule has 0 radical (unpaired) electrons. The van der Waals surface area contributed by atoms with Gasteiger partial charge in [0.1, 0.15) is 0 Å². The van der Waals surface area contributed by atoms with Gasteiger partial charge in [-0.25, -0.2) is 0 Å². The molecule has 2 aliphatic rings. The van der Waals surface area contributed by atoms with Crippen LogP contribution in [0.25, 0.3) is 33.4 Å². The highest BCUT2D eigenvalue weighted by atomic mass is 28.3. The summed E-state index contributed by atoms with van der Waals surface area (Å²) in [4.78, 5) is 7.94. The second kappa shape index (κ2) is 30.5. The third kappa shape index (κ3) is 13.9. The molecule has 3 nitrogen and oxygen atoms in total. The standard InChI is InChI=1S/C112H102BN3Si2/c1-109(2,3)85-59-53-79(54-60-85)82-69-83(80-55-61-86(62-56-80)110(4,5)6)72-91(71-82)115-104-77-100(117(94-41-25-15-26-42-94,95-43-27-16-28-44-95)96-45-29-17-30-46-96)65-67-102(104)113-103-68-66-101(118(97-47-31-18-32-48-97,98-49-33-19-34-50-98)99-51-35-20-36-52-99)78-105(103)116(92-73-84(70-88(74-92)112(10,11)12)81-57-63-87(64-58-81)111(7,8)9)107-76-93(75-106(115)108(107)113)114(89-37-21-13-22-38-89)90-39-23-14-24-40-90/h13-78H,1-12H3. The molecule has 0 amide bonds. The lowest BCUT2D eigenvalue weighted by atomic mass is 9.33. The number of para-hydroxylation sites is 2. The fourth-order valence-corrected chi connectivity index (χ4v) is 28.3. The highest BCUT2D eigenvalue weighted by molar-refractivity contribution is 7.20. The molecule has 0 aliphatic carbocycles. The molecule has 0 aromatic heterocycles. The molecule has 0 saturated heterocycles. The minimum Gasteiger partial charge on any atom is -0.311 e. The Morgan fingerprint density at radius 2 is 0.483 bits per heavy atom. The molecule has 0 bridgehead atoms. The van der Waals surface area contributed by atoms with E-state index in [1.54, 1.807) is 0 Å². The van der Waals surface area contributed by atoms with Gasteiger partial charge in [-0.1, -0.05) is 405 Å². The topological polar surface area (TPSA) is 9.72 Å². The summed E-state index contributed by atoms with van der Waals surface area (Å²) in [7, 11) is -6.49. The lowest BCUT2D eigenvalue weighted by molar-refractivity contribution is 0.590. The molecule has 18 rings (SSSR count). The van der Waals surface area contributed by atoms with Crippen LogP contribution in [0.3, 0.4) is 0 Å². The molecule has 0 spiro atoms. The molecule has 6 heteroatoms. The van der Waals surface area contributed by atoms with Crippen molar-refractivity contribution < 1.29 is 0 Å². The van der Waals surface area contributed by atoms with Crippen LogP contribution in [0.1, 0.15) is 105 Å². The highest BCUT2D eigenvalue weighted by Crippen LogP contribution is 2.51. The van der Waals surface area contributed by atoms with Crippen LogP contribution in [0.4, 0.5) is 51.2 Å². The van der Waals surface area contributed by atoms with Gasteiger partial charge in [-0.2, -0.15) is 0 Å². The van der Waals surface area contributed by atoms with Crippen molar-refractivity contribution in [2.75, 3.05) is 14.7 Å². The van der Waals surface area contributed by atoms with Gasteiger partial charge in [-0.3, -0.25) is 0 Å². The first-order valence-electron chi connectivity index (χ1n) is 42.0. The first-order valence-corrected chi connectivity index (χ1v) is 46.0. The minimum absolute atomic E-state index is 0.0267. The molecule has 16 aromatic carbocycles. The monoisotopic (exact) mass is 1560 g/mol. The molecule has 0 N–H and O–H groups in total. The lowest BCUT2D eigenvalue weighted by Crippen LogP contribution is -2.75. The number of hydrogen-bond donors (Lipinski definition) is 0. The average Bonchev–Trinajstić information content (AvgIpc) is 0.686. The Bertz CT molecular complexity index is 5990. The fraction of sp³-hybridized carbons (Fsp3) is 0.143. The maximum absolute atomic E-state index is 3.25. The van der Waals surface area contributed by atoms with Gasteiger partial charge in [0.2, 0.25) is 0 Å². The second-order valence-electron chi connectivity index (χ2n) is 36.5. The van der Waals surface area contributed by atoms with Crippen LogP contribution in [0.5, 0.6) is 0 Å². The van der Waals surface area contributed by atoms with Crippen molar-refractivity contribution in [3.05, 3.63) is 423 Å². The molecule has 2 heterocycles. The summed E-state index contributed by atoms with van der Waals surface area (Å²) in [6.45, 7) is 27.7. The van der Waals surface area contributed by atoms with Crippen molar-refractivity contribution in [3.8, 4) is 33.4 Å². The Kier molecular flexibility index (Phi) is 19.8. The predicted molar refractivity (Wildman–Crippen MR) is 513 cm³/mol. The lowest BCUT2D eigenvalue weighted by Gasteiger charge is -2.46. The molecule has 16 aromatic rings. The first-order chi connectivity index (χ1) is 57.0. The molecule has 0 atom stereocenters. The van der Waals surface area contributed by atoms with Crippen molar-refractivity contribution >= 4 is 132 Å². The highest BCUT2D eigenvalue weighted by Gasteiger charge is 2.49. The summed E-state index contributed by atoms with van der Waals surface area (Å²) in [5, 5.41) is 10.5. The molecule has 0 saturated carbocycles. The average molecular weight is 1560 g/mol. The molecule has 0 unspecified atom stereocenters. The van der Waals surface area contributed by atoms with Crippen molar-refractivity contribution in [3.63, 3.8) is 0 Å². The van der Waals surface area contributed by atoms with Crippen LogP contribution >= 0.6 is 0 Å². The van der Waals surface area contributed by atoms with E-state index in [4.69, 9.17) is 0 Å². The quantitative estimate of drug-likeness (QED) is 0.0705. The third-order valence-electron chi connectivity index (χ3n) is 24.9. The molecule has 0 fully saturated rings. The van der Waals surface area contributed by atoms with Gasteiger partial charge in [0.05, 0.1) is 5.69 Å². The van der Waals surface area contributed by atoms with E-state index >= 15 is 0 Å². The van der Waals surface area contributed by atoms with Gasteiger partial charge >= 0.3 is 0 Å². The maximum atomic E-state index is 2.72. The molecule has 118 heavy (non-hydrogen) atoms. The number of fused-ring (bicyclic) bond motifs is 4. The summed E-state index contributed by atoms with van der Waals surface area (Å²) in [5.41, 5.74) is 25.2. The smallest absolute Gasteiger partial charge is 0.252 e. The SMILES string of the molecule is CC(C)(C)c1ccc(-c2cc(-c3ccc(C(C)(C)C)cc3)cc(N3c4cc([Si](c5ccccc5)(c5ccccc5)c5ccccc5)ccc4B4c5ccc([Si](c6ccccc6)(c6ccccc6)c6ccccc6)cc5N(c5cc(-c6ccc(C(C)(C)C)cc6)cc(C(C)(C)C)c5)c5cc(N(c6ccccc6)c6ccccc6)cc3c54)c2)cc1. The van der Waals surface area contributed by atoms with Crippen LogP contribution in [-0.2, 0) is 21.7 Å². The van der Waals surface area contributed by atoms with Gasteiger partial charge in [0.25, 0.3) is 6.71 Å². The Morgan fingerprint density at radius 3 is 0.771 bits per heavy atom. The predicted octanol–water partition coefficient (Wildman–Crippen LogP) is 22.2. The summed E-state index contributed by atoms with van der Waals surface area (Å²) in [5.74, 6) is 0. The second-order valence-corrected chi connectivity index (χ2v) is 44.1. The zero-order valence-corrected chi connectivity index (χ0v) is 72.0. The molecular weight excluding hydrogens is 1450 g/mol. The van der Waals surface area contributed by atoms with E-state index in [1.807, 2.05) is 0 Å². The molecular formula is C112H102BN3Si2. The van der Waals surface area contributed by atoms with E-state index in [9.17, 15) is 0 Å². The summed E-state index contributed by atoms with van der Waals surface area (Å²) < 4.78 is 0. The van der Waals surface area contributed by atoms with E-state index in [2.05, 4.69) is 498 Å². The van der Waals surface area contributed by atoms with Gasteiger partial charge in [-0.15, -0.1) is 0 Å². The number of anilines is 9. The third-order valence-corrected chi connectivity index (χ3v) is 34.5. The number of hydrogen-bond acceptors (Lipinski definition) is 3. The van der Waals surface area contributed by atoms with Gasteiger partial charge < -0.3 is 14.7 Å². The fourth-order valence-electron chi connectivity index (χ4n) is 18.8. The number of nitrogens with zero attached hydrogens (tertiary/aromatic N) is 3. The number of benzene rings is 16. The Labute approximate surface area is 702 Å². The van der Waals surface area contributed by atoms with Crippen LogP contribution in [0.2, 0.25) is 0 Å². The van der Waals surface area contributed by atoms with Gasteiger partial charge in [-0.05, 0) is 214 Å². The first kappa shape index (κ1) is 76.7. The molecule has 576 valence electrons.